The zero-order valence-electron chi connectivity index (χ0n) is 29.5. The van der Waals surface area contributed by atoms with Crippen LogP contribution >= 0.6 is 22.7 Å². The summed E-state index contributed by atoms with van der Waals surface area (Å²) >= 11 is 3.10. The first-order valence-electron chi connectivity index (χ1n) is 17.3. The van der Waals surface area contributed by atoms with Crippen LogP contribution in [-0.2, 0) is 5.41 Å². The Labute approximate surface area is 305 Å². The van der Waals surface area contributed by atoms with Gasteiger partial charge in [0.25, 0.3) is 0 Å². The van der Waals surface area contributed by atoms with Gasteiger partial charge in [-0.1, -0.05) is 50.3 Å². The zero-order valence-corrected chi connectivity index (χ0v) is 31.2. The third-order valence-electron chi connectivity index (χ3n) is 9.96. The van der Waals surface area contributed by atoms with Gasteiger partial charge < -0.3 is 25.0 Å². The van der Waals surface area contributed by atoms with E-state index in [1.807, 2.05) is 67.6 Å². The highest BCUT2D eigenvalue weighted by Gasteiger charge is 2.49. The maximum atomic E-state index is 13.5. The molecule has 2 aliphatic rings. The predicted octanol–water partition coefficient (Wildman–Crippen LogP) is 9.77. The Morgan fingerprint density at radius 1 is 0.941 bits per heavy atom. The third-order valence-corrected chi connectivity index (χ3v) is 11.9. The number of likely N-dealkylation sites (tertiary alicyclic amines) is 1. The normalized spacial score (nSPS) is 15.8. The van der Waals surface area contributed by atoms with Crippen molar-refractivity contribution in [1.29, 1.82) is 0 Å². The summed E-state index contributed by atoms with van der Waals surface area (Å²) in [6, 6.07) is 23.3. The minimum absolute atomic E-state index is 0.199. The summed E-state index contributed by atoms with van der Waals surface area (Å²) in [6.07, 6.45) is 1.88. The summed E-state index contributed by atoms with van der Waals surface area (Å²) in [5.41, 5.74) is 7.32. The summed E-state index contributed by atoms with van der Waals surface area (Å²) in [5, 5.41) is 19.2. The topological polar surface area (TPSA) is 103 Å². The molecule has 1 fully saturated rings. The highest BCUT2D eigenvalue weighted by Crippen LogP contribution is 2.57. The van der Waals surface area contributed by atoms with Crippen LogP contribution in [0.4, 0.5) is 27.0 Å². The molecular weight excluding hydrogens is 677 g/mol. The van der Waals surface area contributed by atoms with E-state index in [0.29, 0.717) is 17.4 Å². The molecule has 0 bridgehead atoms. The average molecular weight is 719 g/mol. The average Bonchev–Trinajstić information content (AvgIpc) is 3.79. The molecule has 6 aromatic rings. The first kappa shape index (κ1) is 33.4. The summed E-state index contributed by atoms with van der Waals surface area (Å²) in [6.45, 7) is 12.5. The predicted molar refractivity (Wildman–Crippen MR) is 211 cm³/mol. The lowest BCUT2D eigenvalue weighted by molar-refractivity contribution is 0.125. The maximum Gasteiger partial charge on any atom is 0.325 e. The van der Waals surface area contributed by atoms with Crippen molar-refractivity contribution in [3.05, 3.63) is 83.9 Å². The van der Waals surface area contributed by atoms with Gasteiger partial charge in [-0.25, -0.2) is 14.8 Å². The number of hydrogen-bond acceptors (Lipinski definition) is 9. The number of aryl methyl sites for hydroxylation is 1. The fourth-order valence-electron chi connectivity index (χ4n) is 7.75. The molecule has 4 heterocycles. The van der Waals surface area contributed by atoms with Gasteiger partial charge in [0.05, 0.1) is 44.6 Å². The zero-order chi connectivity index (χ0) is 35.5. The second-order valence-electron chi connectivity index (χ2n) is 15.0. The largest absolute Gasteiger partial charge is 0.506 e. The Morgan fingerprint density at radius 2 is 1.69 bits per heavy atom. The smallest absolute Gasteiger partial charge is 0.325 e. The molecule has 0 saturated carbocycles. The van der Waals surface area contributed by atoms with Crippen LogP contribution in [0.15, 0.2) is 72.8 Å². The van der Waals surface area contributed by atoms with Gasteiger partial charge in [-0.05, 0) is 104 Å². The molecule has 0 atom stereocenters. The number of thiazole rings is 2. The number of piperidine rings is 1. The standard InChI is InChI=1S/C40H42N6O3S2/c1-24-10-13-29-32(20-24)51-38(43-29)44-37(48)42-27-8-6-7-9-30(27)46-23-40(16-18-45(19-17-40)22-39(2,3)4)34-26(12-15-31(47)35(34)46)36-41-28-14-11-25(49-5)21-33(28)50-36/h6-15,20-21,47H,16-19,22-23H2,1-5H3,(H2,42,43,44,48). The second-order valence-corrected chi connectivity index (χ2v) is 17.1. The SMILES string of the molecule is COc1ccc2nc(-c3ccc(O)c4c3C3(CCN(CC(C)(C)C)CC3)CN4c3ccccc3NC(=O)Nc3nc4ccc(C)cc4s3)sc2c1. The van der Waals surface area contributed by atoms with E-state index < -0.39 is 0 Å². The molecule has 2 amide bonds. The number of methoxy groups -OCH3 is 1. The van der Waals surface area contributed by atoms with Gasteiger partial charge >= 0.3 is 6.03 Å². The molecule has 4 aromatic carbocycles. The summed E-state index contributed by atoms with van der Waals surface area (Å²) in [7, 11) is 1.68. The van der Waals surface area contributed by atoms with E-state index in [2.05, 4.69) is 52.3 Å². The lowest BCUT2D eigenvalue weighted by Gasteiger charge is -2.42. The van der Waals surface area contributed by atoms with Crippen LogP contribution in [0.5, 0.6) is 11.5 Å². The van der Waals surface area contributed by atoms with Crippen LogP contribution < -0.4 is 20.3 Å². The van der Waals surface area contributed by atoms with Crippen LogP contribution in [0, 0.1) is 12.3 Å². The fraction of sp³-hybridized carbons (Fsp3) is 0.325. The first-order valence-corrected chi connectivity index (χ1v) is 19.0. The molecule has 0 unspecified atom stereocenters. The lowest BCUT2D eigenvalue weighted by atomic mass is 9.72. The number of nitrogens with zero attached hydrogens (tertiary/aromatic N) is 4. The van der Waals surface area contributed by atoms with Gasteiger partial charge in [-0.15, -0.1) is 11.3 Å². The Morgan fingerprint density at radius 3 is 2.47 bits per heavy atom. The van der Waals surface area contributed by atoms with Crippen molar-refractivity contribution >= 4 is 71.3 Å². The number of benzene rings is 4. The number of ether oxygens (including phenoxy) is 1. The number of anilines is 4. The lowest BCUT2D eigenvalue weighted by Crippen LogP contribution is -2.47. The number of hydrogen-bond donors (Lipinski definition) is 3. The molecule has 2 aliphatic heterocycles. The summed E-state index contributed by atoms with van der Waals surface area (Å²) in [5.74, 6) is 1.02. The molecule has 0 radical (unpaired) electrons. The van der Waals surface area contributed by atoms with Gasteiger partial charge in [-0.2, -0.15) is 0 Å². The van der Waals surface area contributed by atoms with Crippen molar-refractivity contribution in [3.63, 3.8) is 0 Å². The molecule has 0 aliphatic carbocycles. The maximum absolute atomic E-state index is 13.5. The van der Waals surface area contributed by atoms with E-state index in [1.165, 1.54) is 11.3 Å². The van der Waals surface area contributed by atoms with E-state index in [-0.39, 0.29) is 22.6 Å². The number of phenols is 1. The van der Waals surface area contributed by atoms with E-state index in [9.17, 15) is 9.90 Å². The van der Waals surface area contributed by atoms with Crippen LogP contribution in [-0.4, -0.2) is 59.3 Å². The van der Waals surface area contributed by atoms with Crippen molar-refractivity contribution in [2.24, 2.45) is 5.41 Å². The molecule has 11 heteroatoms. The summed E-state index contributed by atoms with van der Waals surface area (Å²) in [4.78, 5) is 28.0. The number of urea groups is 1. The van der Waals surface area contributed by atoms with Crippen molar-refractivity contribution in [2.75, 3.05) is 48.8 Å². The minimum atomic E-state index is -0.370. The number of para-hydroxylation sites is 2. The Bertz CT molecular complexity index is 2280. The first-order chi connectivity index (χ1) is 24.5. The van der Waals surface area contributed by atoms with Crippen LogP contribution in [0.2, 0.25) is 0 Å². The van der Waals surface area contributed by atoms with Gasteiger partial charge in [0.1, 0.15) is 16.5 Å². The number of rotatable bonds is 6. The monoisotopic (exact) mass is 718 g/mol. The number of amides is 2. The van der Waals surface area contributed by atoms with Gasteiger partial charge in [0, 0.05) is 24.1 Å². The highest BCUT2D eigenvalue weighted by atomic mass is 32.1. The quantitative estimate of drug-likeness (QED) is 0.158. The molecule has 3 N–H and O–H groups in total. The van der Waals surface area contributed by atoms with E-state index >= 15 is 0 Å². The number of fused-ring (bicyclic) bond motifs is 4. The minimum Gasteiger partial charge on any atom is -0.506 e. The molecule has 2 aromatic heterocycles. The Hall–Kier alpha value is -4.71. The van der Waals surface area contributed by atoms with Crippen LogP contribution in [0.25, 0.3) is 31.0 Å². The van der Waals surface area contributed by atoms with Gasteiger partial charge in [0.2, 0.25) is 0 Å². The van der Waals surface area contributed by atoms with Crippen LogP contribution in [0.3, 0.4) is 0 Å². The Kier molecular flexibility index (Phi) is 8.40. The highest BCUT2D eigenvalue weighted by molar-refractivity contribution is 7.22. The number of aromatic nitrogens is 2. The van der Waals surface area contributed by atoms with Gasteiger partial charge in [0.15, 0.2) is 5.13 Å². The molecule has 262 valence electrons. The fourth-order valence-corrected chi connectivity index (χ4v) is 9.74. The van der Waals surface area contributed by atoms with Crippen molar-refractivity contribution in [3.8, 4) is 22.1 Å². The summed E-state index contributed by atoms with van der Waals surface area (Å²) < 4.78 is 7.59. The molecule has 1 spiro atoms. The molecule has 9 nitrogen and oxygen atoms in total. The number of nitrogens with one attached hydrogen (secondary N) is 2. The second kappa shape index (κ2) is 12.8. The van der Waals surface area contributed by atoms with Crippen LogP contribution in [0.1, 0.15) is 44.7 Å². The van der Waals surface area contributed by atoms with Crippen molar-refractivity contribution in [2.45, 2.75) is 46.0 Å². The number of aromatic hydroxyl groups is 1. The van der Waals surface area contributed by atoms with Crippen molar-refractivity contribution in [1.82, 2.24) is 14.9 Å². The number of carbonyl (C=O) groups excluding carboxylic acids is 1. The number of phenolic OH excluding ortho intramolecular Hbond substituents is 1. The van der Waals surface area contributed by atoms with E-state index in [4.69, 9.17) is 9.72 Å². The van der Waals surface area contributed by atoms with Crippen molar-refractivity contribution < 1.29 is 14.6 Å². The Balaban J connectivity index is 1.18. The van der Waals surface area contributed by atoms with Gasteiger partial charge in [-0.3, -0.25) is 5.32 Å². The third kappa shape index (κ3) is 6.39. The van der Waals surface area contributed by atoms with E-state index in [1.54, 1.807) is 24.5 Å². The number of carbonyl (C=O) groups is 1. The molecule has 1 saturated heterocycles. The molecule has 8 rings (SSSR count). The molecule has 51 heavy (non-hydrogen) atoms. The van der Waals surface area contributed by atoms with E-state index in [0.717, 1.165) is 91.7 Å². The molecular formula is C40H42N6O3S2.